The van der Waals surface area contributed by atoms with Crippen LogP contribution in [0, 0.1) is 10.1 Å². The maximum Gasteiger partial charge on any atom is 0.410 e. The molecule has 10 nitrogen and oxygen atoms in total. The van der Waals surface area contributed by atoms with Gasteiger partial charge in [0, 0.05) is 49.9 Å². The number of fused-ring (bicyclic) bond motifs is 1. The first-order valence-corrected chi connectivity index (χ1v) is 10.8. The van der Waals surface area contributed by atoms with Crippen molar-refractivity contribution in [3.63, 3.8) is 0 Å². The van der Waals surface area contributed by atoms with Gasteiger partial charge in [-0.1, -0.05) is 0 Å². The van der Waals surface area contributed by atoms with Crippen LogP contribution in [-0.2, 0) is 4.74 Å². The maximum atomic E-state index is 12.4. The third-order valence-electron chi connectivity index (χ3n) is 6.00. The van der Waals surface area contributed by atoms with Crippen LogP contribution < -0.4 is 9.64 Å². The Morgan fingerprint density at radius 2 is 1.82 bits per heavy atom. The Morgan fingerprint density at radius 3 is 2.48 bits per heavy atom. The van der Waals surface area contributed by atoms with Crippen molar-refractivity contribution in [2.75, 3.05) is 31.1 Å². The fraction of sp³-hybridized carbons (Fsp3) is 0.348. The summed E-state index contributed by atoms with van der Waals surface area (Å²) >= 11 is 0. The van der Waals surface area contributed by atoms with Gasteiger partial charge in [0.15, 0.2) is 0 Å². The van der Waals surface area contributed by atoms with Crippen molar-refractivity contribution in [2.24, 2.45) is 0 Å². The van der Waals surface area contributed by atoms with Gasteiger partial charge in [0.25, 0.3) is 5.69 Å². The average Bonchev–Trinajstić information content (AvgIpc) is 3.56. The maximum absolute atomic E-state index is 12.4. The number of pyridine rings is 2. The van der Waals surface area contributed by atoms with Gasteiger partial charge in [0.2, 0.25) is 0 Å². The number of ether oxygens (including phenoxy) is 2. The quantitative estimate of drug-likeness (QED) is 0.422. The molecule has 3 aromatic rings. The molecule has 1 amide bonds. The lowest BCUT2D eigenvalue weighted by molar-refractivity contribution is -0.384. The zero-order valence-electron chi connectivity index (χ0n) is 18.1. The highest BCUT2D eigenvalue weighted by Gasteiger charge is 2.43. The summed E-state index contributed by atoms with van der Waals surface area (Å²) in [5, 5.41) is 11.7. The standard InChI is InChI=1S/C23H23N5O5/c1-23(7-8-23)33-22(29)27-12-10-26(11-13-27)21-14-18-19(15-25-21)24-9-6-20(18)32-17-4-2-16(3-5-17)28(30)31/h2-6,9,14-15H,7-8,10-13H2,1H3. The van der Waals surface area contributed by atoms with Crippen LogP contribution in [0.5, 0.6) is 11.5 Å². The van der Waals surface area contributed by atoms with Crippen LogP contribution in [0.2, 0.25) is 0 Å². The number of carbonyl (C=O) groups excluding carboxylic acids is 1. The van der Waals surface area contributed by atoms with Crippen LogP contribution in [-0.4, -0.2) is 57.7 Å². The van der Waals surface area contributed by atoms with Crippen LogP contribution >= 0.6 is 0 Å². The Kier molecular flexibility index (Phi) is 5.20. The second-order valence-corrected chi connectivity index (χ2v) is 8.51. The molecule has 0 spiro atoms. The van der Waals surface area contributed by atoms with E-state index >= 15 is 0 Å². The van der Waals surface area contributed by atoms with E-state index in [1.54, 1.807) is 35.5 Å². The number of nitrogens with zero attached hydrogens (tertiary/aromatic N) is 5. The van der Waals surface area contributed by atoms with E-state index in [0.29, 0.717) is 43.2 Å². The van der Waals surface area contributed by atoms with Crippen molar-refractivity contribution in [1.82, 2.24) is 14.9 Å². The molecule has 3 heterocycles. The van der Waals surface area contributed by atoms with Gasteiger partial charge in [0.1, 0.15) is 22.9 Å². The van der Waals surface area contributed by atoms with Crippen molar-refractivity contribution in [2.45, 2.75) is 25.4 Å². The lowest BCUT2D eigenvalue weighted by Crippen LogP contribution is -2.49. The van der Waals surface area contributed by atoms with Crippen molar-refractivity contribution >= 4 is 28.5 Å². The number of benzene rings is 1. The molecule has 1 saturated heterocycles. The SMILES string of the molecule is CC1(OC(=O)N2CCN(c3cc4c(Oc5ccc([N+](=O)[O-])cc5)ccnc4cn3)CC2)CC1. The molecule has 10 heteroatoms. The topological polar surface area (TPSA) is 111 Å². The number of amides is 1. The molecule has 0 unspecified atom stereocenters. The van der Waals surface area contributed by atoms with Gasteiger partial charge in [-0.3, -0.25) is 15.1 Å². The summed E-state index contributed by atoms with van der Waals surface area (Å²) in [6, 6.07) is 9.60. The monoisotopic (exact) mass is 449 g/mol. The molecular weight excluding hydrogens is 426 g/mol. The molecule has 0 bridgehead atoms. The minimum atomic E-state index is -0.449. The van der Waals surface area contributed by atoms with Crippen LogP contribution in [0.4, 0.5) is 16.3 Å². The summed E-state index contributed by atoms with van der Waals surface area (Å²) < 4.78 is 11.6. The number of non-ortho nitro benzene ring substituents is 1. The number of aromatic nitrogens is 2. The first kappa shape index (κ1) is 20.9. The van der Waals surface area contributed by atoms with Crippen molar-refractivity contribution < 1.29 is 19.2 Å². The van der Waals surface area contributed by atoms with Gasteiger partial charge in [0.05, 0.1) is 16.6 Å². The lowest BCUT2D eigenvalue weighted by atomic mass is 10.2. The third kappa shape index (κ3) is 4.50. The highest BCUT2D eigenvalue weighted by molar-refractivity contribution is 5.86. The summed E-state index contributed by atoms with van der Waals surface area (Å²) in [5.74, 6) is 1.84. The molecule has 5 rings (SSSR count). The molecular formula is C23H23N5O5. The van der Waals surface area contributed by atoms with Crippen molar-refractivity contribution in [3.05, 3.63) is 58.9 Å². The summed E-state index contributed by atoms with van der Waals surface area (Å²) in [6.07, 6.45) is 4.94. The fourth-order valence-corrected chi connectivity index (χ4v) is 3.71. The molecule has 1 aliphatic carbocycles. The molecule has 1 aromatic carbocycles. The largest absolute Gasteiger partial charge is 0.457 e. The Morgan fingerprint density at radius 1 is 1.09 bits per heavy atom. The van der Waals surface area contributed by atoms with E-state index in [9.17, 15) is 14.9 Å². The molecule has 2 aliphatic rings. The van der Waals surface area contributed by atoms with E-state index in [2.05, 4.69) is 14.9 Å². The van der Waals surface area contributed by atoms with E-state index in [4.69, 9.17) is 9.47 Å². The molecule has 0 atom stereocenters. The lowest BCUT2D eigenvalue weighted by Gasteiger charge is -2.35. The van der Waals surface area contributed by atoms with Gasteiger partial charge in [-0.25, -0.2) is 9.78 Å². The minimum absolute atomic E-state index is 0.00248. The molecule has 170 valence electrons. The predicted molar refractivity (Wildman–Crippen MR) is 121 cm³/mol. The smallest absolute Gasteiger partial charge is 0.410 e. The van der Waals surface area contributed by atoms with Gasteiger partial charge in [-0.2, -0.15) is 0 Å². The second kappa shape index (κ2) is 8.19. The fourth-order valence-electron chi connectivity index (χ4n) is 3.71. The Labute approximate surface area is 189 Å². The van der Waals surface area contributed by atoms with Crippen molar-refractivity contribution in [3.8, 4) is 11.5 Å². The molecule has 0 N–H and O–H groups in total. The Balaban J connectivity index is 1.31. The number of nitro groups is 1. The molecule has 33 heavy (non-hydrogen) atoms. The van der Waals surface area contributed by atoms with E-state index in [1.165, 1.54) is 12.1 Å². The third-order valence-corrected chi connectivity index (χ3v) is 6.00. The van der Waals surface area contributed by atoms with Crippen LogP contribution in [0.3, 0.4) is 0 Å². The Hall–Kier alpha value is -3.95. The highest BCUT2D eigenvalue weighted by Crippen LogP contribution is 2.39. The van der Waals surface area contributed by atoms with Gasteiger partial charge in [-0.05, 0) is 44.0 Å². The summed E-state index contributed by atoms with van der Waals surface area (Å²) in [4.78, 5) is 35.5. The second-order valence-electron chi connectivity index (χ2n) is 8.51. The zero-order valence-corrected chi connectivity index (χ0v) is 18.1. The van der Waals surface area contributed by atoms with E-state index in [0.717, 1.165) is 24.0 Å². The van der Waals surface area contributed by atoms with E-state index in [1.807, 2.05) is 13.0 Å². The number of carbonyl (C=O) groups is 1. The van der Waals surface area contributed by atoms with Crippen LogP contribution in [0.1, 0.15) is 19.8 Å². The number of nitro benzene ring substituents is 1. The number of hydrogen-bond acceptors (Lipinski definition) is 8. The number of rotatable bonds is 5. The Bertz CT molecular complexity index is 1200. The van der Waals surface area contributed by atoms with E-state index in [-0.39, 0.29) is 17.4 Å². The summed E-state index contributed by atoms with van der Waals surface area (Å²) in [5.41, 5.74) is 0.405. The van der Waals surface area contributed by atoms with Gasteiger partial charge < -0.3 is 19.3 Å². The number of piperazine rings is 1. The molecule has 1 aliphatic heterocycles. The molecule has 2 aromatic heterocycles. The normalized spacial score (nSPS) is 17.0. The highest BCUT2D eigenvalue weighted by atomic mass is 16.6. The minimum Gasteiger partial charge on any atom is -0.457 e. The van der Waals surface area contributed by atoms with Crippen LogP contribution in [0.15, 0.2) is 48.8 Å². The van der Waals surface area contributed by atoms with Crippen molar-refractivity contribution in [1.29, 1.82) is 0 Å². The summed E-state index contributed by atoms with van der Waals surface area (Å²) in [6.45, 7) is 4.37. The average molecular weight is 449 g/mol. The molecule has 2 fully saturated rings. The van der Waals surface area contributed by atoms with Gasteiger partial charge in [-0.15, -0.1) is 0 Å². The predicted octanol–water partition coefficient (Wildman–Crippen LogP) is 4.14. The number of anilines is 1. The number of hydrogen-bond donors (Lipinski definition) is 0. The first-order valence-electron chi connectivity index (χ1n) is 10.8. The first-order chi connectivity index (χ1) is 15.9. The summed E-state index contributed by atoms with van der Waals surface area (Å²) in [7, 11) is 0. The zero-order chi connectivity index (χ0) is 23.0. The van der Waals surface area contributed by atoms with Crippen LogP contribution in [0.25, 0.3) is 10.9 Å². The molecule has 1 saturated carbocycles. The molecule has 0 radical (unpaired) electrons. The van der Waals surface area contributed by atoms with Gasteiger partial charge >= 0.3 is 6.09 Å². The van der Waals surface area contributed by atoms with E-state index < -0.39 is 4.92 Å².